The van der Waals surface area contributed by atoms with Gasteiger partial charge in [-0.1, -0.05) is 36.4 Å². The van der Waals surface area contributed by atoms with E-state index in [4.69, 9.17) is 14.7 Å². The van der Waals surface area contributed by atoms with Crippen LogP contribution in [0.4, 0.5) is 0 Å². The molecule has 0 heterocycles. The van der Waals surface area contributed by atoms with E-state index >= 15 is 0 Å². The molecular formula is C23H23NO3. The number of allylic oxidation sites excluding steroid dienone is 4. The predicted octanol–water partition coefficient (Wildman–Crippen LogP) is 5.33. The van der Waals surface area contributed by atoms with Crippen molar-refractivity contribution in [3.05, 3.63) is 83.5 Å². The predicted molar refractivity (Wildman–Crippen MR) is 108 cm³/mol. The van der Waals surface area contributed by atoms with Gasteiger partial charge in [-0.25, -0.2) is 0 Å². The minimum absolute atomic E-state index is 0.220. The van der Waals surface area contributed by atoms with Crippen molar-refractivity contribution < 1.29 is 14.6 Å². The number of aromatic hydroxyl groups is 1. The van der Waals surface area contributed by atoms with Gasteiger partial charge in [-0.2, -0.15) is 5.26 Å². The Bertz CT molecular complexity index is 841. The molecule has 1 unspecified atom stereocenters. The maximum atomic E-state index is 9.38. The van der Waals surface area contributed by atoms with Crippen LogP contribution in [0.3, 0.4) is 0 Å². The Balaban J connectivity index is 2.12. The lowest BCUT2D eigenvalue weighted by atomic mass is 10.1. The van der Waals surface area contributed by atoms with Gasteiger partial charge in [0, 0.05) is 12.7 Å². The average molecular weight is 361 g/mol. The Morgan fingerprint density at radius 3 is 2.37 bits per heavy atom. The minimum atomic E-state index is -0.285. The maximum Gasteiger partial charge on any atom is 0.196 e. The fourth-order valence-corrected chi connectivity index (χ4v) is 2.36. The summed E-state index contributed by atoms with van der Waals surface area (Å²) >= 11 is 0. The van der Waals surface area contributed by atoms with Crippen molar-refractivity contribution >= 4 is 12.2 Å². The summed E-state index contributed by atoms with van der Waals surface area (Å²) in [6, 6.07) is 16.6. The highest BCUT2D eigenvalue weighted by Crippen LogP contribution is 2.18. The standard InChI is InChI=1S/C23H23NO3/c1-3-26-18(2)27-23-14-10-19(11-15-23)6-7-20(5-4-16-24)17-21-8-12-22(25)13-9-21/h4-15,17-18,25H,3H2,1-2H3. The number of benzene rings is 2. The fraction of sp³-hybridized carbons (Fsp3) is 0.174. The summed E-state index contributed by atoms with van der Waals surface area (Å²) in [6.45, 7) is 4.39. The molecular weight excluding hydrogens is 338 g/mol. The van der Waals surface area contributed by atoms with Crippen LogP contribution in [0, 0.1) is 11.3 Å². The van der Waals surface area contributed by atoms with Crippen molar-refractivity contribution in [2.75, 3.05) is 6.61 Å². The molecule has 4 heteroatoms. The summed E-state index contributed by atoms with van der Waals surface area (Å²) in [4.78, 5) is 0. The molecule has 0 aliphatic carbocycles. The normalized spacial score (nSPS) is 13.0. The highest BCUT2D eigenvalue weighted by molar-refractivity contribution is 5.65. The fourth-order valence-electron chi connectivity index (χ4n) is 2.36. The molecule has 0 radical (unpaired) electrons. The zero-order valence-corrected chi connectivity index (χ0v) is 15.5. The van der Waals surface area contributed by atoms with Crippen LogP contribution in [-0.4, -0.2) is 18.0 Å². The van der Waals surface area contributed by atoms with Crippen molar-refractivity contribution in [1.82, 2.24) is 0 Å². The second-order valence-electron chi connectivity index (χ2n) is 5.74. The summed E-state index contributed by atoms with van der Waals surface area (Å²) in [6.07, 6.45) is 8.72. The number of phenols is 1. The third kappa shape index (κ3) is 7.23. The Hall–Kier alpha value is -3.29. The summed E-state index contributed by atoms with van der Waals surface area (Å²) in [5.74, 6) is 0.968. The number of nitriles is 1. The highest BCUT2D eigenvalue weighted by atomic mass is 16.7. The van der Waals surface area contributed by atoms with Gasteiger partial charge in [0.25, 0.3) is 0 Å². The molecule has 27 heavy (non-hydrogen) atoms. The first kappa shape index (κ1) is 20.0. The lowest BCUT2D eigenvalue weighted by Crippen LogP contribution is -2.15. The van der Waals surface area contributed by atoms with Crippen LogP contribution in [0.5, 0.6) is 11.5 Å². The third-order valence-electron chi connectivity index (χ3n) is 3.63. The van der Waals surface area contributed by atoms with Gasteiger partial charge in [0.05, 0.1) is 6.07 Å². The summed E-state index contributed by atoms with van der Waals surface area (Å²) in [5, 5.41) is 18.2. The van der Waals surface area contributed by atoms with E-state index in [1.54, 1.807) is 18.2 Å². The van der Waals surface area contributed by atoms with Gasteiger partial charge in [0.2, 0.25) is 0 Å². The van der Waals surface area contributed by atoms with Crippen molar-refractivity contribution in [2.24, 2.45) is 0 Å². The quantitative estimate of drug-likeness (QED) is 0.392. The first-order valence-corrected chi connectivity index (χ1v) is 8.74. The molecule has 2 aromatic carbocycles. The second-order valence-corrected chi connectivity index (χ2v) is 5.74. The van der Waals surface area contributed by atoms with E-state index in [1.165, 1.54) is 6.08 Å². The van der Waals surface area contributed by atoms with Crippen LogP contribution in [0.15, 0.2) is 72.3 Å². The van der Waals surface area contributed by atoms with Gasteiger partial charge in [0.1, 0.15) is 11.5 Å². The van der Waals surface area contributed by atoms with E-state index in [1.807, 2.05) is 74.5 Å². The molecule has 2 aromatic rings. The van der Waals surface area contributed by atoms with Gasteiger partial charge in [0.15, 0.2) is 6.29 Å². The molecule has 1 atom stereocenters. The molecule has 0 fully saturated rings. The molecule has 0 bridgehead atoms. The van der Waals surface area contributed by atoms with Crippen LogP contribution >= 0.6 is 0 Å². The van der Waals surface area contributed by atoms with Crippen LogP contribution in [0.1, 0.15) is 25.0 Å². The van der Waals surface area contributed by atoms with Crippen molar-refractivity contribution in [3.63, 3.8) is 0 Å². The molecule has 0 aliphatic rings. The van der Waals surface area contributed by atoms with Crippen LogP contribution in [0.2, 0.25) is 0 Å². The lowest BCUT2D eigenvalue weighted by molar-refractivity contribution is -0.0613. The number of hydrogen-bond acceptors (Lipinski definition) is 4. The molecule has 0 saturated heterocycles. The van der Waals surface area contributed by atoms with Crippen molar-refractivity contribution in [2.45, 2.75) is 20.1 Å². The number of hydrogen-bond donors (Lipinski definition) is 1. The number of ether oxygens (including phenoxy) is 2. The Morgan fingerprint density at radius 2 is 1.74 bits per heavy atom. The monoisotopic (exact) mass is 361 g/mol. The topological polar surface area (TPSA) is 62.5 Å². The molecule has 0 aliphatic heterocycles. The zero-order valence-electron chi connectivity index (χ0n) is 15.5. The first-order chi connectivity index (χ1) is 13.1. The van der Waals surface area contributed by atoms with E-state index in [-0.39, 0.29) is 12.0 Å². The number of rotatable bonds is 8. The third-order valence-corrected chi connectivity index (χ3v) is 3.63. The highest BCUT2D eigenvalue weighted by Gasteiger charge is 2.02. The summed E-state index contributed by atoms with van der Waals surface area (Å²) in [7, 11) is 0. The molecule has 0 aromatic heterocycles. The summed E-state index contributed by atoms with van der Waals surface area (Å²) in [5.41, 5.74) is 2.81. The molecule has 1 N–H and O–H groups in total. The van der Waals surface area contributed by atoms with Gasteiger partial charge < -0.3 is 14.6 Å². The van der Waals surface area contributed by atoms with Crippen LogP contribution in [-0.2, 0) is 4.74 Å². The first-order valence-electron chi connectivity index (χ1n) is 8.74. The maximum absolute atomic E-state index is 9.38. The lowest BCUT2D eigenvalue weighted by Gasteiger charge is -2.14. The van der Waals surface area contributed by atoms with Gasteiger partial charge >= 0.3 is 0 Å². The van der Waals surface area contributed by atoms with E-state index < -0.39 is 0 Å². The van der Waals surface area contributed by atoms with E-state index in [9.17, 15) is 5.11 Å². The zero-order chi connectivity index (χ0) is 19.5. The molecule has 4 nitrogen and oxygen atoms in total. The largest absolute Gasteiger partial charge is 0.508 e. The Labute approximate surface area is 160 Å². The second kappa shape index (κ2) is 10.6. The van der Waals surface area contributed by atoms with Crippen LogP contribution in [0.25, 0.3) is 12.2 Å². The number of nitrogens with zero attached hydrogens (tertiary/aromatic N) is 1. The minimum Gasteiger partial charge on any atom is -0.508 e. The van der Waals surface area contributed by atoms with Gasteiger partial charge in [-0.15, -0.1) is 0 Å². The molecule has 0 amide bonds. The SMILES string of the molecule is CCOC(C)Oc1ccc(C=CC(C=CC#N)=Cc2ccc(O)cc2)cc1. The molecule has 138 valence electrons. The molecule has 0 saturated carbocycles. The van der Waals surface area contributed by atoms with Crippen molar-refractivity contribution in [3.8, 4) is 17.6 Å². The molecule has 0 spiro atoms. The van der Waals surface area contributed by atoms with Gasteiger partial charge in [-0.05, 0) is 67.0 Å². The Morgan fingerprint density at radius 1 is 1.07 bits per heavy atom. The average Bonchev–Trinajstić information content (AvgIpc) is 2.67. The Kier molecular flexibility index (Phi) is 7.90. The number of phenolic OH excluding ortho intramolecular Hbond substituents is 1. The van der Waals surface area contributed by atoms with E-state index in [0.717, 1.165) is 22.4 Å². The van der Waals surface area contributed by atoms with E-state index in [2.05, 4.69) is 0 Å². The smallest absolute Gasteiger partial charge is 0.196 e. The van der Waals surface area contributed by atoms with Crippen LogP contribution < -0.4 is 4.74 Å². The van der Waals surface area contributed by atoms with Crippen molar-refractivity contribution in [1.29, 1.82) is 5.26 Å². The summed E-state index contributed by atoms with van der Waals surface area (Å²) < 4.78 is 11.0. The molecule has 2 rings (SSSR count). The van der Waals surface area contributed by atoms with Gasteiger partial charge in [-0.3, -0.25) is 0 Å². The van der Waals surface area contributed by atoms with E-state index in [0.29, 0.717) is 6.61 Å².